The Balaban J connectivity index is 2.83. The average Bonchev–Trinajstić information content (AvgIpc) is 2.30. The molecule has 0 spiro atoms. The Morgan fingerprint density at radius 2 is 2.25 bits per heavy atom. The van der Waals surface area contributed by atoms with Gasteiger partial charge in [0, 0.05) is 6.07 Å². The molecule has 0 bridgehead atoms. The summed E-state index contributed by atoms with van der Waals surface area (Å²) in [4.78, 5) is 3.85. The van der Waals surface area contributed by atoms with Crippen LogP contribution < -0.4 is 0 Å². The first-order chi connectivity index (χ1) is 5.66. The molecule has 2 rings (SSSR count). The predicted octanol–water partition coefficient (Wildman–Crippen LogP) is 2.93. The van der Waals surface area contributed by atoms with Gasteiger partial charge in [0.2, 0.25) is 0 Å². The lowest BCUT2D eigenvalue weighted by Gasteiger charge is -1.92. The van der Waals surface area contributed by atoms with E-state index in [1.54, 1.807) is 13.0 Å². The van der Waals surface area contributed by atoms with Crippen LogP contribution in [0.5, 0.6) is 0 Å². The van der Waals surface area contributed by atoms with Crippen LogP contribution in [-0.2, 0) is 0 Å². The van der Waals surface area contributed by atoms with Crippen molar-refractivity contribution in [3.05, 3.63) is 28.9 Å². The maximum Gasteiger partial charge on any atom is 0.293 e. The SMILES string of the molecule is Cc1cc2nc(Cl)oc2cc1F. The fraction of sp³-hybridized carbons (Fsp3) is 0.125. The summed E-state index contributed by atoms with van der Waals surface area (Å²) in [5.74, 6) is -0.310. The Kier molecular flexibility index (Phi) is 1.54. The second-order valence-electron chi connectivity index (χ2n) is 2.54. The molecule has 0 aliphatic rings. The first-order valence-electron chi connectivity index (χ1n) is 3.39. The summed E-state index contributed by atoms with van der Waals surface area (Å²) >= 11 is 5.49. The van der Waals surface area contributed by atoms with Gasteiger partial charge in [-0.15, -0.1) is 0 Å². The predicted molar refractivity (Wildman–Crippen MR) is 43.7 cm³/mol. The molecule has 0 saturated carbocycles. The molecule has 0 aliphatic heterocycles. The number of aryl methyl sites for hydroxylation is 1. The Morgan fingerprint density at radius 3 is 3.00 bits per heavy atom. The highest BCUT2D eigenvalue weighted by Crippen LogP contribution is 2.21. The highest BCUT2D eigenvalue weighted by atomic mass is 35.5. The number of benzene rings is 1. The summed E-state index contributed by atoms with van der Waals surface area (Å²) in [7, 11) is 0. The van der Waals surface area contributed by atoms with Gasteiger partial charge in [-0.25, -0.2) is 4.39 Å². The minimum Gasteiger partial charge on any atom is -0.427 e. The van der Waals surface area contributed by atoms with E-state index in [-0.39, 0.29) is 11.2 Å². The molecule has 0 radical (unpaired) electrons. The largest absolute Gasteiger partial charge is 0.427 e. The Hall–Kier alpha value is -1.09. The van der Waals surface area contributed by atoms with E-state index >= 15 is 0 Å². The molecule has 2 aromatic rings. The summed E-state index contributed by atoms with van der Waals surface area (Å²) in [6.45, 7) is 1.66. The molecule has 0 saturated heterocycles. The molecule has 0 unspecified atom stereocenters. The molecule has 0 aliphatic carbocycles. The molecular weight excluding hydrogens is 181 g/mol. The molecule has 1 heterocycles. The van der Waals surface area contributed by atoms with Crippen LogP contribution in [0.3, 0.4) is 0 Å². The van der Waals surface area contributed by atoms with Crippen LogP contribution in [0.2, 0.25) is 5.35 Å². The molecule has 0 atom stereocenters. The van der Waals surface area contributed by atoms with Crippen LogP contribution in [0.15, 0.2) is 16.5 Å². The van der Waals surface area contributed by atoms with Crippen molar-refractivity contribution in [1.82, 2.24) is 4.98 Å². The van der Waals surface area contributed by atoms with E-state index in [0.29, 0.717) is 16.7 Å². The molecule has 62 valence electrons. The summed E-state index contributed by atoms with van der Waals surface area (Å²) in [5.41, 5.74) is 1.49. The maximum atomic E-state index is 12.9. The minimum atomic E-state index is -0.310. The zero-order valence-electron chi connectivity index (χ0n) is 6.27. The van der Waals surface area contributed by atoms with Crippen LogP contribution in [0.4, 0.5) is 4.39 Å². The number of hydrogen-bond donors (Lipinski definition) is 0. The van der Waals surface area contributed by atoms with Gasteiger partial charge in [0.15, 0.2) is 5.58 Å². The summed E-state index contributed by atoms with van der Waals surface area (Å²) in [6, 6.07) is 2.88. The lowest BCUT2D eigenvalue weighted by atomic mass is 10.2. The van der Waals surface area contributed by atoms with Gasteiger partial charge in [0.05, 0.1) is 0 Å². The maximum absolute atomic E-state index is 12.9. The van der Waals surface area contributed by atoms with Gasteiger partial charge >= 0.3 is 0 Å². The second kappa shape index (κ2) is 2.45. The molecule has 1 aromatic heterocycles. The summed E-state index contributed by atoms with van der Waals surface area (Å²) in [6.07, 6.45) is 0. The first kappa shape index (κ1) is 7.55. The van der Waals surface area contributed by atoms with Gasteiger partial charge in [-0.05, 0) is 30.2 Å². The van der Waals surface area contributed by atoms with E-state index in [4.69, 9.17) is 16.0 Å². The third-order valence-corrected chi connectivity index (χ3v) is 1.80. The van der Waals surface area contributed by atoms with E-state index in [1.165, 1.54) is 6.07 Å². The van der Waals surface area contributed by atoms with Crippen molar-refractivity contribution in [2.24, 2.45) is 0 Å². The topological polar surface area (TPSA) is 26.0 Å². The highest BCUT2D eigenvalue weighted by molar-refractivity contribution is 6.28. The van der Waals surface area contributed by atoms with Crippen molar-refractivity contribution in [3.8, 4) is 0 Å². The normalized spacial score (nSPS) is 10.9. The Bertz CT molecular complexity index is 399. The van der Waals surface area contributed by atoms with E-state index in [0.717, 1.165) is 0 Å². The van der Waals surface area contributed by atoms with E-state index in [9.17, 15) is 4.39 Å². The third-order valence-electron chi connectivity index (χ3n) is 1.64. The molecule has 1 aromatic carbocycles. The van der Waals surface area contributed by atoms with Gasteiger partial charge in [0.25, 0.3) is 5.35 Å². The number of hydrogen-bond acceptors (Lipinski definition) is 2. The molecular formula is C8H5ClFNO. The van der Waals surface area contributed by atoms with Gasteiger partial charge in [-0.2, -0.15) is 4.98 Å². The fourth-order valence-corrected chi connectivity index (χ4v) is 1.20. The van der Waals surface area contributed by atoms with Crippen molar-refractivity contribution in [2.45, 2.75) is 6.92 Å². The molecule has 12 heavy (non-hydrogen) atoms. The lowest BCUT2D eigenvalue weighted by molar-refractivity contribution is 0.589. The lowest BCUT2D eigenvalue weighted by Crippen LogP contribution is -1.80. The van der Waals surface area contributed by atoms with E-state index < -0.39 is 0 Å². The summed E-state index contributed by atoms with van der Waals surface area (Å²) < 4.78 is 17.8. The van der Waals surface area contributed by atoms with Crippen molar-refractivity contribution in [1.29, 1.82) is 0 Å². The van der Waals surface area contributed by atoms with E-state index in [1.807, 2.05) is 0 Å². The zero-order valence-corrected chi connectivity index (χ0v) is 7.02. The monoisotopic (exact) mass is 185 g/mol. The summed E-state index contributed by atoms with van der Waals surface area (Å²) in [5, 5.41) is 0.0370. The molecule has 0 N–H and O–H groups in total. The van der Waals surface area contributed by atoms with Crippen LogP contribution in [0, 0.1) is 12.7 Å². The van der Waals surface area contributed by atoms with Crippen LogP contribution in [0.1, 0.15) is 5.56 Å². The number of halogens is 2. The number of oxazole rings is 1. The number of aromatic nitrogens is 1. The molecule has 4 heteroatoms. The van der Waals surface area contributed by atoms with Crippen molar-refractivity contribution in [3.63, 3.8) is 0 Å². The van der Waals surface area contributed by atoms with Gasteiger partial charge in [-0.1, -0.05) is 0 Å². The van der Waals surface area contributed by atoms with Crippen LogP contribution >= 0.6 is 11.6 Å². The smallest absolute Gasteiger partial charge is 0.293 e. The Morgan fingerprint density at radius 1 is 1.50 bits per heavy atom. The zero-order chi connectivity index (χ0) is 8.72. The van der Waals surface area contributed by atoms with Crippen molar-refractivity contribution < 1.29 is 8.81 Å². The number of fused-ring (bicyclic) bond motifs is 1. The number of rotatable bonds is 0. The molecule has 0 fully saturated rings. The number of nitrogens with zero attached hydrogens (tertiary/aromatic N) is 1. The van der Waals surface area contributed by atoms with Crippen LogP contribution in [0.25, 0.3) is 11.1 Å². The Labute approximate surface area is 73.0 Å². The quantitative estimate of drug-likeness (QED) is 0.631. The second-order valence-corrected chi connectivity index (χ2v) is 2.86. The van der Waals surface area contributed by atoms with Gasteiger partial charge < -0.3 is 4.42 Å². The standard InChI is InChI=1S/C8H5ClFNO/c1-4-2-6-7(3-5(4)10)12-8(9)11-6/h2-3H,1H3. The minimum absolute atomic E-state index is 0.0370. The van der Waals surface area contributed by atoms with E-state index in [2.05, 4.69) is 4.98 Å². The fourth-order valence-electron chi connectivity index (χ4n) is 1.03. The highest BCUT2D eigenvalue weighted by Gasteiger charge is 2.06. The van der Waals surface area contributed by atoms with Crippen molar-refractivity contribution >= 4 is 22.7 Å². The average molecular weight is 186 g/mol. The van der Waals surface area contributed by atoms with Gasteiger partial charge in [-0.3, -0.25) is 0 Å². The third kappa shape index (κ3) is 1.06. The molecule has 0 amide bonds. The first-order valence-corrected chi connectivity index (χ1v) is 3.77. The molecule has 2 nitrogen and oxygen atoms in total. The van der Waals surface area contributed by atoms with Crippen LogP contribution in [-0.4, -0.2) is 4.98 Å². The van der Waals surface area contributed by atoms with Gasteiger partial charge in [0.1, 0.15) is 11.3 Å². The van der Waals surface area contributed by atoms with Crippen molar-refractivity contribution in [2.75, 3.05) is 0 Å².